The summed E-state index contributed by atoms with van der Waals surface area (Å²) in [5.41, 5.74) is 0.769. The number of imide groups is 2. The Labute approximate surface area is 268 Å². The number of hydrogen-bond acceptors (Lipinski definition) is 6. The third-order valence-corrected chi connectivity index (χ3v) is 9.06. The van der Waals surface area contributed by atoms with Gasteiger partial charge in [0.2, 0.25) is 0 Å². The summed E-state index contributed by atoms with van der Waals surface area (Å²) in [7, 11) is 0. The van der Waals surface area contributed by atoms with Crippen LogP contribution in [0.15, 0.2) is 42.5 Å². The molecule has 5 rings (SSSR count). The van der Waals surface area contributed by atoms with Crippen LogP contribution in [0.1, 0.15) is 114 Å². The van der Waals surface area contributed by atoms with Crippen LogP contribution < -0.4 is 0 Å². The van der Waals surface area contributed by atoms with Gasteiger partial charge in [-0.15, -0.1) is 0 Å². The largest absolute Gasteiger partial charge is 0.277 e. The summed E-state index contributed by atoms with van der Waals surface area (Å²) in [6.45, 7) is 12.4. The van der Waals surface area contributed by atoms with E-state index < -0.39 is 29.2 Å². The zero-order valence-electron chi connectivity index (χ0n) is 26.0. The van der Waals surface area contributed by atoms with Crippen molar-refractivity contribution in [2.75, 3.05) is 6.54 Å². The second-order valence-electron chi connectivity index (χ2n) is 12.5. The Morgan fingerprint density at radius 2 is 1.30 bits per heavy atom. The van der Waals surface area contributed by atoms with Gasteiger partial charge in [-0.25, -0.2) is 20.0 Å². The molecule has 4 amide bonds. The third-order valence-electron chi connectivity index (χ3n) is 8.46. The lowest BCUT2D eigenvalue weighted by Crippen LogP contribution is -2.59. The minimum absolute atomic E-state index is 0.0303. The van der Waals surface area contributed by atoms with Gasteiger partial charge in [0.1, 0.15) is 0 Å². The highest BCUT2D eigenvalue weighted by Crippen LogP contribution is 2.45. The van der Waals surface area contributed by atoms with Gasteiger partial charge in [0.05, 0.1) is 32.3 Å². The molecule has 10 heteroatoms. The fourth-order valence-electron chi connectivity index (χ4n) is 6.35. The Morgan fingerprint density at radius 1 is 0.773 bits per heavy atom. The molecule has 0 bridgehead atoms. The molecular weight excluding hydrogens is 599 g/mol. The standard InChI is InChI=1S/C34H38Cl2N4O4/c1-7-9-11-14-20(3)37(19-21-15-12-10-13-16-21)39-30(41)22-17-25(36)29-27-23(18-24(35)28(26(22)27)32(39)43)31(42)40(33(29)44)38(8-2)34(4,5)6/h10,12-13,15-18,20H,7-9,11,14,19H2,1-6H3. The van der Waals surface area contributed by atoms with Crippen LogP contribution in [0.3, 0.4) is 0 Å². The van der Waals surface area contributed by atoms with E-state index in [2.05, 4.69) is 6.92 Å². The van der Waals surface area contributed by atoms with Gasteiger partial charge in [0.25, 0.3) is 23.6 Å². The first-order chi connectivity index (χ1) is 20.8. The molecule has 232 valence electrons. The van der Waals surface area contributed by atoms with Gasteiger partial charge >= 0.3 is 0 Å². The van der Waals surface area contributed by atoms with Crippen LogP contribution in [0.4, 0.5) is 0 Å². The summed E-state index contributed by atoms with van der Waals surface area (Å²) in [6, 6.07) is 12.4. The fraction of sp³-hybridized carbons (Fsp3) is 0.412. The molecule has 2 aliphatic heterocycles. The van der Waals surface area contributed by atoms with Crippen LogP contribution in [-0.4, -0.2) is 61.8 Å². The van der Waals surface area contributed by atoms with E-state index >= 15 is 0 Å². The normalized spacial score (nSPS) is 15.8. The molecule has 0 radical (unpaired) electrons. The van der Waals surface area contributed by atoms with Crippen molar-refractivity contribution in [1.29, 1.82) is 0 Å². The monoisotopic (exact) mass is 636 g/mol. The van der Waals surface area contributed by atoms with Gasteiger partial charge in [0.15, 0.2) is 0 Å². The molecule has 1 unspecified atom stereocenters. The summed E-state index contributed by atoms with van der Waals surface area (Å²) in [5, 5.41) is 6.17. The van der Waals surface area contributed by atoms with Crippen LogP contribution in [0.25, 0.3) is 10.8 Å². The Hall–Kier alpha value is -3.30. The maximum Gasteiger partial charge on any atom is 0.277 e. The average Bonchev–Trinajstić information content (AvgIpc) is 2.96. The highest BCUT2D eigenvalue weighted by atomic mass is 35.5. The Kier molecular flexibility index (Phi) is 8.93. The average molecular weight is 638 g/mol. The number of benzene rings is 3. The van der Waals surface area contributed by atoms with E-state index in [1.165, 1.54) is 17.1 Å². The van der Waals surface area contributed by atoms with Crippen molar-refractivity contribution in [1.82, 2.24) is 20.0 Å². The van der Waals surface area contributed by atoms with Gasteiger partial charge in [-0.1, -0.05) is 86.6 Å². The van der Waals surface area contributed by atoms with Crippen molar-refractivity contribution in [2.24, 2.45) is 0 Å². The smallest absolute Gasteiger partial charge is 0.267 e. The maximum atomic E-state index is 14.4. The van der Waals surface area contributed by atoms with E-state index in [4.69, 9.17) is 23.2 Å². The lowest BCUT2D eigenvalue weighted by molar-refractivity contribution is -0.0450. The van der Waals surface area contributed by atoms with Gasteiger partial charge in [-0.05, 0) is 51.8 Å². The number of nitrogens with zero attached hydrogens (tertiary/aromatic N) is 4. The van der Waals surface area contributed by atoms with E-state index in [1.807, 2.05) is 65.0 Å². The van der Waals surface area contributed by atoms with E-state index in [-0.39, 0.29) is 49.1 Å². The Bertz CT molecular complexity index is 1670. The minimum Gasteiger partial charge on any atom is -0.267 e. The zero-order valence-corrected chi connectivity index (χ0v) is 27.6. The van der Waals surface area contributed by atoms with Crippen LogP contribution >= 0.6 is 23.2 Å². The first-order valence-corrected chi connectivity index (χ1v) is 15.9. The summed E-state index contributed by atoms with van der Waals surface area (Å²) < 4.78 is 0. The minimum atomic E-state index is -0.610. The van der Waals surface area contributed by atoms with E-state index in [9.17, 15) is 19.2 Å². The Balaban J connectivity index is 1.69. The van der Waals surface area contributed by atoms with Gasteiger partial charge in [0, 0.05) is 35.4 Å². The highest BCUT2D eigenvalue weighted by Gasteiger charge is 2.46. The first kappa shape index (κ1) is 32.1. The summed E-state index contributed by atoms with van der Waals surface area (Å²) in [5.74, 6) is -2.37. The molecule has 0 aliphatic carbocycles. The topological polar surface area (TPSA) is 81.2 Å². The van der Waals surface area contributed by atoms with Crippen LogP contribution in [0.2, 0.25) is 10.0 Å². The number of halogens is 2. The van der Waals surface area contributed by atoms with Crippen molar-refractivity contribution >= 4 is 57.6 Å². The predicted molar refractivity (Wildman–Crippen MR) is 173 cm³/mol. The molecule has 2 aliphatic rings. The number of carbonyl (C=O) groups is 4. The summed E-state index contributed by atoms with van der Waals surface area (Å²) >= 11 is 13.6. The van der Waals surface area contributed by atoms with Crippen molar-refractivity contribution in [3.63, 3.8) is 0 Å². The van der Waals surface area contributed by atoms with E-state index in [0.29, 0.717) is 13.1 Å². The quantitative estimate of drug-likeness (QED) is 0.167. The molecule has 3 aromatic rings. The van der Waals surface area contributed by atoms with Gasteiger partial charge in [-0.2, -0.15) is 0 Å². The molecule has 0 fully saturated rings. The fourth-order valence-corrected chi connectivity index (χ4v) is 6.92. The zero-order chi connectivity index (χ0) is 32.1. The first-order valence-electron chi connectivity index (χ1n) is 15.2. The van der Waals surface area contributed by atoms with E-state index in [0.717, 1.165) is 36.3 Å². The summed E-state index contributed by atoms with van der Waals surface area (Å²) in [4.78, 5) is 56.7. The van der Waals surface area contributed by atoms with Gasteiger partial charge < -0.3 is 0 Å². The molecule has 2 heterocycles. The summed E-state index contributed by atoms with van der Waals surface area (Å²) in [6.07, 6.45) is 3.79. The number of unbranched alkanes of at least 4 members (excludes halogenated alkanes) is 2. The molecule has 1 atom stereocenters. The molecule has 0 N–H and O–H groups in total. The highest BCUT2D eigenvalue weighted by molar-refractivity contribution is 6.44. The van der Waals surface area contributed by atoms with Crippen LogP contribution in [-0.2, 0) is 6.54 Å². The SMILES string of the molecule is CCCCCC(C)N(Cc1ccccc1)N1C(=O)c2cc(Cl)c3c4c(cc(Cl)c(c24)C1=O)C(=O)N(N(CC)C(C)(C)C)C3=O. The third kappa shape index (κ3) is 5.32. The molecule has 0 saturated carbocycles. The number of hydrazine groups is 2. The lowest BCUT2D eigenvalue weighted by atomic mass is 9.86. The Morgan fingerprint density at radius 3 is 1.80 bits per heavy atom. The molecule has 3 aromatic carbocycles. The molecule has 0 saturated heterocycles. The number of amides is 4. The van der Waals surface area contributed by atoms with Crippen LogP contribution in [0.5, 0.6) is 0 Å². The maximum absolute atomic E-state index is 14.4. The molecule has 44 heavy (non-hydrogen) atoms. The van der Waals surface area contributed by atoms with Crippen LogP contribution in [0, 0.1) is 0 Å². The van der Waals surface area contributed by atoms with E-state index in [1.54, 1.807) is 10.0 Å². The van der Waals surface area contributed by atoms with Gasteiger partial charge in [-0.3, -0.25) is 19.2 Å². The van der Waals surface area contributed by atoms with Crippen molar-refractivity contribution < 1.29 is 19.2 Å². The molecule has 0 spiro atoms. The predicted octanol–water partition coefficient (Wildman–Crippen LogP) is 7.76. The number of rotatable bonds is 10. The second-order valence-corrected chi connectivity index (χ2v) is 13.3. The number of hydrogen-bond donors (Lipinski definition) is 0. The second kappa shape index (κ2) is 12.2. The lowest BCUT2D eigenvalue weighted by Gasteiger charge is -2.44. The van der Waals surface area contributed by atoms with Crippen molar-refractivity contribution in [2.45, 2.75) is 85.4 Å². The molecule has 0 aromatic heterocycles. The van der Waals surface area contributed by atoms with Crippen molar-refractivity contribution in [3.8, 4) is 0 Å². The number of carbonyl (C=O) groups excluding carboxylic acids is 4. The van der Waals surface area contributed by atoms with Crippen molar-refractivity contribution in [3.05, 3.63) is 80.3 Å². The molecule has 8 nitrogen and oxygen atoms in total. The molecular formula is C34H38Cl2N4O4.